The Labute approximate surface area is 285 Å². The summed E-state index contributed by atoms with van der Waals surface area (Å²) >= 11 is 0. The van der Waals surface area contributed by atoms with E-state index < -0.39 is 53.1 Å². The van der Waals surface area contributed by atoms with Gasteiger partial charge in [-0.2, -0.15) is 4.80 Å². The van der Waals surface area contributed by atoms with Crippen LogP contribution in [0.2, 0.25) is 0 Å². The van der Waals surface area contributed by atoms with Gasteiger partial charge < -0.3 is 25.4 Å². The number of nitrogens with one attached hydrogen (secondary N) is 2. The molecule has 258 valence electrons. The fraction of sp³-hybridized carbons (Fsp3) is 0.472. The van der Waals surface area contributed by atoms with E-state index in [0.717, 1.165) is 36.0 Å². The molecule has 3 aliphatic rings. The molecule has 0 spiro atoms. The number of rotatable bonds is 5. The van der Waals surface area contributed by atoms with Crippen LogP contribution in [0.5, 0.6) is 0 Å². The summed E-state index contributed by atoms with van der Waals surface area (Å²) in [6.07, 6.45) is 6.90. The van der Waals surface area contributed by atoms with Crippen molar-refractivity contribution in [1.29, 1.82) is 0 Å². The van der Waals surface area contributed by atoms with Crippen LogP contribution < -0.4 is 10.6 Å². The van der Waals surface area contributed by atoms with Gasteiger partial charge in [-0.3, -0.25) is 9.59 Å². The van der Waals surface area contributed by atoms with Crippen LogP contribution >= 0.6 is 0 Å². The van der Waals surface area contributed by atoms with Gasteiger partial charge in [0.25, 0.3) is 0 Å². The van der Waals surface area contributed by atoms with Crippen molar-refractivity contribution in [3.8, 4) is 22.5 Å². The lowest BCUT2D eigenvalue weighted by Gasteiger charge is -2.30. The Morgan fingerprint density at radius 2 is 1.76 bits per heavy atom. The summed E-state index contributed by atoms with van der Waals surface area (Å²) in [7, 11) is 0. The molecule has 1 aliphatic carbocycles. The van der Waals surface area contributed by atoms with Crippen LogP contribution in [0.15, 0.2) is 66.7 Å². The highest BCUT2D eigenvalue weighted by molar-refractivity contribution is 5.96. The summed E-state index contributed by atoms with van der Waals surface area (Å²) in [5.41, 5.74) is 0.489. The molecule has 1 aromatic heterocycles. The van der Waals surface area contributed by atoms with Crippen LogP contribution in [0, 0.1) is 5.92 Å². The summed E-state index contributed by atoms with van der Waals surface area (Å²) in [6, 6.07) is 15.1. The van der Waals surface area contributed by atoms with Crippen LogP contribution in [-0.4, -0.2) is 83.9 Å². The first-order valence-corrected chi connectivity index (χ1v) is 16.9. The van der Waals surface area contributed by atoms with Crippen molar-refractivity contribution in [2.24, 2.45) is 5.92 Å². The topological polar surface area (TPSA) is 169 Å². The number of tetrazole rings is 1. The average Bonchev–Trinajstić information content (AvgIpc) is 3.37. The highest BCUT2D eigenvalue weighted by Crippen LogP contribution is 2.45. The molecule has 49 heavy (non-hydrogen) atoms. The number of carbonyl (C=O) groups excluding carboxylic acids is 3. The van der Waals surface area contributed by atoms with Gasteiger partial charge in [-0.15, -0.1) is 10.2 Å². The Balaban J connectivity index is 1.31. The first kappa shape index (κ1) is 33.8. The maximum absolute atomic E-state index is 14.3. The zero-order valence-corrected chi connectivity index (χ0v) is 28.0. The van der Waals surface area contributed by atoms with E-state index in [-0.39, 0.29) is 25.3 Å². The number of aromatic nitrogens is 4. The number of carboxylic acid groups (broad SMARTS) is 1. The minimum Gasteiger partial charge on any atom is -0.479 e. The molecule has 0 bridgehead atoms. The minimum absolute atomic E-state index is 0.0585. The number of carboxylic acids is 1. The predicted molar refractivity (Wildman–Crippen MR) is 180 cm³/mol. The zero-order chi connectivity index (χ0) is 34.8. The third-order valence-corrected chi connectivity index (χ3v) is 9.34. The Kier molecular flexibility index (Phi) is 9.53. The van der Waals surface area contributed by atoms with Crippen LogP contribution in [0.4, 0.5) is 4.79 Å². The SMILES string of the molecule is CC(C)(C)OC(=O)N[C@H]1CCCCC/C=C\[C@@H]2C[C@]2(C(=O)O)NC(=O)[C@@H]2C[C@H](n3nnc(-c4ccccc4-c4ccccc4)n3)CN2C1=O. The Morgan fingerprint density at radius 1 is 1.02 bits per heavy atom. The van der Waals surface area contributed by atoms with Gasteiger partial charge >= 0.3 is 12.1 Å². The van der Waals surface area contributed by atoms with Crippen LogP contribution in [0.1, 0.15) is 71.8 Å². The Hall–Kier alpha value is -5.07. The van der Waals surface area contributed by atoms with Crippen molar-refractivity contribution in [3.63, 3.8) is 0 Å². The maximum atomic E-state index is 14.3. The highest BCUT2D eigenvalue weighted by Gasteiger charge is 2.61. The molecule has 3 heterocycles. The molecule has 6 rings (SSSR count). The fourth-order valence-corrected chi connectivity index (χ4v) is 6.73. The van der Waals surface area contributed by atoms with Gasteiger partial charge in [-0.1, -0.05) is 79.6 Å². The van der Waals surface area contributed by atoms with E-state index in [1.54, 1.807) is 20.8 Å². The van der Waals surface area contributed by atoms with E-state index in [4.69, 9.17) is 9.84 Å². The number of aliphatic carboxylic acids is 1. The monoisotopic (exact) mass is 669 g/mol. The number of carbonyl (C=O) groups is 4. The molecule has 13 nitrogen and oxygen atoms in total. The number of hydrogen-bond donors (Lipinski definition) is 3. The van der Waals surface area contributed by atoms with Gasteiger partial charge in [-0.05, 0) is 62.8 Å². The number of hydrogen-bond acceptors (Lipinski definition) is 8. The van der Waals surface area contributed by atoms with E-state index in [9.17, 15) is 24.3 Å². The lowest BCUT2D eigenvalue weighted by Crippen LogP contribution is -2.56. The average molecular weight is 670 g/mol. The Morgan fingerprint density at radius 3 is 2.49 bits per heavy atom. The number of fused-ring (bicyclic) bond motifs is 2. The molecule has 3 aromatic rings. The van der Waals surface area contributed by atoms with Crippen molar-refractivity contribution in [3.05, 3.63) is 66.7 Å². The number of allylic oxidation sites excluding steroid dienone is 1. The molecule has 13 heteroatoms. The van der Waals surface area contributed by atoms with E-state index in [0.29, 0.717) is 18.7 Å². The second kappa shape index (κ2) is 13.8. The van der Waals surface area contributed by atoms with Crippen LogP contribution in [0.25, 0.3) is 22.5 Å². The summed E-state index contributed by atoms with van der Waals surface area (Å²) in [5, 5.41) is 29.1. The minimum atomic E-state index is -1.44. The van der Waals surface area contributed by atoms with E-state index in [1.165, 1.54) is 9.70 Å². The first-order chi connectivity index (χ1) is 23.4. The number of nitrogens with zero attached hydrogens (tertiary/aromatic N) is 5. The van der Waals surface area contributed by atoms with Crippen LogP contribution in [0.3, 0.4) is 0 Å². The third-order valence-electron chi connectivity index (χ3n) is 9.34. The second-order valence-electron chi connectivity index (χ2n) is 14.1. The summed E-state index contributed by atoms with van der Waals surface area (Å²) in [4.78, 5) is 56.4. The molecule has 2 aliphatic heterocycles. The smallest absolute Gasteiger partial charge is 0.408 e. The third kappa shape index (κ3) is 7.50. The predicted octanol–water partition coefficient (Wildman–Crippen LogP) is 4.52. The molecule has 3 amide bonds. The second-order valence-corrected chi connectivity index (χ2v) is 14.1. The first-order valence-electron chi connectivity index (χ1n) is 16.9. The quantitative estimate of drug-likeness (QED) is 0.331. The normalized spacial score (nSPS) is 26.7. The van der Waals surface area contributed by atoms with Gasteiger partial charge in [0.05, 0.1) is 6.04 Å². The summed E-state index contributed by atoms with van der Waals surface area (Å²) in [6.45, 7) is 5.28. The zero-order valence-electron chi connectivity index (χ0n) is 28.0. The number of ether oxygens (including phenoxy) is 1. The summed E-state index contributed by atoms with van der Waals surface area (Å²) in [5.74, 6) is -2.09. The van der Waals surface area contributed by atoms with Crippen molar-refractivity contribution < 1.29 is 29.0 Å². The molecule has 0 unspecified atom stereocenters. The van der Waals surface area contributed by atoms with E-state index in [2.05, 4.69) is 20.9 Å². The van der Waals surface area contributed by atoms with Crippen molar-refractivity contribution in [1.82, 2.24) is 35.7 Å². The molecule has 5 atom stereocenters. The van der Waals surface area contributed by atoms with Gasteiger partial charge in [0.2, 0.25) is 17.6 Å². The number of benzene rings is 2. The van der Waals surface area contributed by atoms with E-state index in [1.807, 2.05) is 66.7 Å². The number of amides is 3. The lowest BCUT2D eigenvalue weighted by atomic mass is 9.99. The van der Waals surface area contributed by atoms with Crippen molar-refractivity contribution in [2.45, 2.75) is 95.0 Å². The molecular formula is C36H43N7O6. The molecule has 2 fully saturated rings. The highest BCUT2D eigenvalue weighted by atomic mass is 16.6. The molecule has 3 N–H and O–H groups in total. The van der Waals surface area contributed by atoms with E-state index >= 15 is 0 Å². The standard InChI is InChI=1S/C36H43N7O6/c1-35(2,3)49-34(48)37-28-19-11-6-4-5-10-16-24-21-36(24,33(46)47)38-31(44)29-20-25(22-42(29)32(28)45)43-40-30(39-41-43)27-18-13-12-17-26(27)23-14-8-7-9-15-23/h7-10,12-18,24-25,28-29H,4-6,11,19-22H2,1-3H3,(H,37,48)(H,38,44)(H,46,47)/b16-10-/t24-,25+,28+,29+,36+/m1/s1. The molecule has 1 saturated carbocycles. The Bertz CT molecular complexity index is 1730. The van der Waals surface area contributed by atoms with Crippen LogP contribution in [-0.2, 0) is 19.1 Å². The van der Waals surface area contributed by atoms with Gasteiger partial charge in [0.1, 0.15) is 23.2 Å². The number of alkyl carbamates (subject to hydrolysis) is 1. The van der Waals surface area contributed by atoms with Gasteiger partial charge in [0, 0.05) is 24.4 Å². The van der Waals surface area contributed by atoms with Gasteiger partial charge in [0.15, 0.2) is 0 Å². The lowest BCUT2D eigenvalue weighted by molar-refractivity contribution is -0.145. The van der Waals surface area contributed by atoms with Crippen molar-refractivity contribution in [2.75, 3.05) is 6.54 Å². The molecule has 0 radical (unpaired) electrons. The maximum Gasteiger partial charge on any atom is 0.408 e. The molecule has 2 aromatic carbocycles. The van der Waals surface area contributed by atoms with Gasteiger partial charge in [-0.25, -0.2) is 9.59 Å². The fourth-order valence-electron chi connectivity index (χ4n) is 6.73. The summed E-state index contributed by atoms with van der Waals surface area (Å²) < 4.78 is 5.48. The van der Waals surface area contributed by atoms with Crippen molar-refractivity contribution >= 4 is 23.9 Å². The largest absolute Gasteiger partial charge is 0.479 e. The molecule has 1 saturated heterocycles. The molecular weight excluding hydrogens is 626 g/mol.